The van der Waals surface area contributed by atoms with Gasteiger partial charge in [0.15, 0.2) is 0 Å². The standard InChI is InChI=1S/C13H17BrO2/c1-15-11-5-2-4-10(8-11)9-16-13-7-3-6-12(13)14/h2,4-5,8,12-13H,3,6-7,9H2,1H3. The fraction of sp³-hybridized carbons (Fsp3) is 0.538. The van der Waals surface area contributed by atoms with Crippen molar-refractivity contribution in [1.29, 1.82) is 0 Å². The van der Waals surface area contributed by atoms with Crippen LogP contribution >= 0.6 is 15.9 Å². The second kappa shape index (κ2) is 5.69. The fourth-order valence-corrected chi connectivity index (χ4v) is 2.77. The van der Waals surface area contributed by atoms with E-state index >= 15 is 0 Å². The number of alkyl halides is 1. The summed E-state index contributed by atoms with van der Waals surface area (Å²) in [5.74, 6) is 0.892. The number of ether oxygens (including phenoxy) is 2. The van der Waals surface area contributed by atoms with Gasteiger partial charge in [-0.3, -0.25) is 0 Å². The maximum Gasteiger partial charge on any atom is 0.119 e. The number of rotatable bonds is 4. The highest BCUT2D eigenvalue weighted by Gasteiger charge is 2.25. The molecule has 2 rings (SSSR count). The van der Waals surface area contributed by atoms with Crippen molar-refractivity contribution >= 4 is 15.9 Å². The summed E-state index contributed by atoms with van der Waals surface area (Å²) in [6.07, 6.45) is 4.02. The molecule has 1 aromatic rings. The first-order valence-corrected chi connectivity index (χ1v) is 6.60. The van der Waals surface area contributed by atoms with Crippen LogP contribution in [-0.2, 0) is 11.3 Å². The largest absolute Gasteiger partial charge is 0.497 e. The van der Waals surface area contributed by atoms with Gasteiger partial charge < -0.3 is 9.47 Å². The van der Waals surface area contributed by atoms with Crippen molar-refractivity contribution in [2.24, 2.45) is 0 Å². The zero-order valence-electron chi connectivity index (χ0n) is 9.49. The average molecular weight is 285 g/mol. The van der Waals surface area contributed by atoms with E-state index in [4.69, 9.17) is 9.47 Å². The molecule has 1 aliphatic rings. The molecule has 16 heavy (non-hydrogen) atoms. The van der Waals surface area contributed by atoms with Gasteiger partial charge in [-0.2, -0.15) is 0 Å². The summed E-state index contributed by atoms with van der Waals surface area (Å²) in [5, 5.41) is 0. The molecule has 1 aliphatic carbocycles. The van der Waals surface area contributed by atoms with Gasteiger partial charge in [0.25, 0.3) is 0 Å². The maximum absolute atomic E-state index is 5.90. The van der Waals surface area contributed by atoms with Crippen LogP contribution in [0.3, 0.4) is 0 Å². The lowest BCUT2D eigenvalue weighted by atomic mass is 10.2. The van der Waals surface area contributed by atoms with Crippen LogP contribution in [0.4, 0.5) is 0 Å². The average Bonchev–Trinajstić information content (AvgIpc) is 2.72. The summed E-state index contributed by atoms with van der Waals surface area (Å²) < 4.78 is 11.1. The number of hydrogen-bond donors (Lipinski definition) is 0. The van der Waals surface area contributed by atoms with Crippen LogP contribution in [0.5, 0.6) is 5.75 Å². The van der Waals surface area contributed by atoms with E-state index in [2.05, 4.69) is 22.0 Å². The summed E-state index contributed by atoms with van der Waals surface area (Å²) in [6, 6.07) is 8.04. The fourth-order valence-electron chi connectivity index (χ4n) is 2.03. The minimum absolute atomic E-state index is 0.367. The summed E-state index contributed by atoms with van der Waals surface area (Å²) >= 11 is 3.66. The molecular formula is C13H17BrO2. The summed E-state index contributed by atoms with van der Waals surface area (Å²) in [4.78, 5) is 0.526. The van der Waals surface area contributed by atoms with Gasteiger partial charge in [-0.25, -0.2) is 0 Å². The predicted octanol–water partition coefficient (Wildman–Crippen LogP) is 3.53. The van der Waals surface area contributed by atoms with Gasteiger partial charge >= 0.3 is 0 Å². The van der Waals surface area contributed by atoms with Crippen molar-refractivity contribution in [2.75, 3.05) is 7.11 Å². The summed E-state index contributed by atoms with van der Waals surface area (Å²) in [6.45, 7) is 0.671. The van der Waals surface area contributed by atoms with E-state index in [-0.39, 0.29) is 0 Å². The lowest BCUT2D eigenvalue weighted by Gasteiger charge is -2.15. The second-order valence-electron chi connectivity index (χ2n) is 4.15. The van der Waals surface area contributed by atoms with E-state index in [0.29, 0.717) is 17.5 Å². The Labute approximate surface area is 105 Å². The van der Waals surface area contributed by atoms with Crippen LogP contribution in [0.2, 0.25) is 0 Å². The summed E-state index contributed by atoms with van der Waals surface area (Å²) in [5.41, 5.74) is 1.17. The number of benzene rings is 1. The first kappa shape index (κ1) is 11.9. The molecule has 0 heterocycles. The third-order valence-electron chi connectivity index (χ3n) is 2.97. The number of halogens is 1. The Morgan fingerprint density at radius 3 is 2.94 bits per heavy atom. The molecule has 0 amide bonds. The van der Waals surface area contributed by atoms with Crippen LogP contribution in [0.1, 0.15) is 24.8 Å². The van der Waals surface area contributed by atoms with Crippen molar-refractivity contribution in [3.05, 3.63) is 29.8 Å². The number of hydrogen-bond acceptors (Lipinski definition) is 2. The van der Waals surface area contributed by atoms with E-state index in [9.17, 15) is 0 Å². The van der Waals surface area contributed by atoms with Gasteiger partial charge in [0.2, 0.25) is 0 Å². The third kappa shape index (κ3) is 2.98. The summed E-state index contributed by atoms with van der Waals surface area (Å²) in [7, 11) is 1.69. The van der Waals surface area contributed by atoms with E-state index in [1.54, 1.807) is 7.11 Å². The van der Waals surface area contributed by atoms with Crippen LogP contribution in [0, 0.1) is 0 Å². The molecule has 0 aliphatic heterocycles. The van der Waals surface area contributed by atoms with Gasteiger partial charge in [-0.1, -0.05) is 28.1 Å². The monoisotopic (exact) mass is 284 g/mol. The normalized spacial score (nSPS) is 24.6. The minimum Gasteiger partial charge on any atom is -0.497 e. The Morgan fingerprint density at radius 2 is 2.25 bits per heavy atom. The Morgan fingerprint density at radius 1 is 1.38 bits per heavy atom. The minimum atomic E-state index is 0.367. The molecule has 0 radical (unpaired) electrons. The van der Waals surface area contributed by atoms with Crippen molar-refractivity contribution in [3.8, 4) is 5.75 Å². The first-order valence-electron chi connectivity index (χ1n) is 5.68. The Balaban J connectivity index is 1.88. The Kier molecular flexibility index (Phi) is 4.24. The lowest BCUT2D eigenvalue weighted by molar-refractivity contribution is 0.0499. The van der Waals surface area contributed by atoms with Gasteiger partial charge in [0.1, 0.15) is 5.75 Å². The van der Waals surface area contributed by atoms with Gasteiger partial charge in [-0.05, 0) is 37.0 Å². The topological polar surface area (TPSA) is 18.5 Å². The molecule has 2 nitrogen and oxygen atoms in total. The predicted molar refractivity (Wildman–Crippen MR) is 68.1 cm³/mol. The molecule has 1 aromatic carbocycles. The molecule has 0 aromatic heterocycles. The van der Waals surface area contributed by atoms with Crippen molar-refractivity contribution in [3.63, 3.8) is 0 Å². The zero-order valence-corrected chi connectivity index (χ0v) is 11.1. The van der Waals surface area contributed by atoms with Gasteiger partial charge in [-0.15, -0.1) is 0 Å². The highest BCUT2D eigenvalue weighted by Crippen LogP contribution is 2.29. The van der Waals surface area contributed by atoms with Crippen molar-refractivity contribution in [1.82, 2.24) is 0 Å². The Bertz CT molecular complexity index is 340. The van der Waals surface area contributed by atoms with E-state index in [0.717, 1.165) is 5.75 Å². The Hall–Kier alpha value is -0.540. The van der Waals surface area contributed by atoms with Crippen molar-refractivity contribution in [2.45, 2.75) is 36.8 Å². The van der Waals surface area contributed by atoms with Gasteiger partial charge in [0.05, 0.1) is 19.8 Å². The highest BCUT2D eigenvalue weighted by atomic mass is 79.9. The second-order valence-corrected chi connectivity index (χ2v) is 5.32. The van der Waals surface area contributed by atoms with Crippen LogP contribution < -0.4 is 4.74 Å². The first-order chi connectivity index (χ1) is 7.79. The molecule has 3 heteroatoms. The molecule has 2 atom stereocenters. The van der Waals surface area contributed by atoms with E-state index in [1.165, 1.54) is 24.8 Å². The lowest BCUT2D eigenvalue weighted by Crippen LogP contribution is -2.17. The molecular weight excluding hydrogens is 268 g/mol. The molecule has 0 spiro atoms. The molecule has 0 saturated heterocycles. The molecule has 1 saturated carbocycles. The molecule has 2 unspecified atom stereocenters. The van der Waals surface area contributed by atoms with Gasteiger partial charge in [0, 0.05) is 4.83 Å². The van der Waals surface area contributed by atoms with Crippen molar-refractivity contribution < 1.29 is 9.47 Å². The molecule has 0 N–H and O–H groups in total. The smallest absolute Gasteiger partial charge is 0.119 e. The van der Waals surface area contributed by atoms with Crippen LogP contribution in [-0.4, -0.2) is 18.0 Å². The third-order valence-corrected chi connectivity index (χ3v) is 4.02. The maximum atomic E-state index is 5.90. The van der Waals surface area contributed by atoms with Crippen LogP contribution in [0.25, 0.3) is 0 Å². The molecule has 88 valence electrons. The number of methoxy groups -OCH3 is 1. The molecule has 0 bridgehead atoms. The quantitative estimate of drug-likeness (QED) is 0.788. The van der Waals surface area contributed by atoms with E-state index in [1.807, 2.05) is 18.2 Å². The highest BCUT2D eigenvalue weighted by molar-refractivity contribution is 9.09. The van der Waals surface area contributed by atoms with Crippen LogP contribution in [0.15, 0.2) is 24.3 Å². The SMILES string of the molecule is COc1cccc(COC2CCCC2Br)c1. The molecule has 1 fully saturated rings. The zero-order chi connectivity index (χ0) is 11.4. The van der Waals surface area contributed by atoms with E-state index < -0.39 is 0 Å².